The summed E-state index contributed by atoms with van der Waals surface area (Å²) in [5.74, 6) is -0.736. The minimum atomic E-state index is -3.54. The highest BCUT2D eigenvalue weighted by Gasteiger charge is 2.25. The van der Waals surface area contributed by atoms with Crippen LogP contribution in [0.2, 0.25) is 0 Å². The van der Waals surface area contributed by atoms with E-state index < -0.39 is 15.9 Å². The summed E-state index contributed by atoms with van der Waals surface area (Å²) in [7, 11) is -3.54. The van der Waals surface area contributed by atoms with Gasteiger partial charge in [-0.3, -0.25) is 4.79 Å². The number of sulfonamides is 1. The second-order valence-electron chi connectivity index (χ2n) is 5.15. The summed E-state index contributed by atoms with van der Waals surface area (Å²) in [6.45, 7) is 3.37. The lowest BCUT2D eigenvalue weighted by Gasteiger charge is -2.22. The summed E-state index contributed by atoms with van der Waals surface area (Å²) in [5.41, 5.74) is 12.1. The summed E-state index contributed by atoms with van der Waals surface area (Å²) < 4.78 is 25.6. The Hall–Kier alpha value is -1.60. The molecule has 0 saturated heterocycles. The Balaban J connectivity index is 2.98. The number of benzene rings is 1. The molecule has 7 heteroatoms. The van der Waals surface area contributed by atoms with Crippen LogP contribution in [0.25, 0.3) is 0 Å². The van der Waals surface area contributed by atoms with Gasteiger partial charge in [0.2, 0.25) is 15.9 Å². The third-order valence-electron chi connectivity index (χ3n) is 2.58. The summed E-state index contributed by atoms with van der Waals surface area (Å²) in [5, 5.41) is 0. The lowest BCUT2D eigenvalue weighted by atomic mass is 10.2. The van der Waals surface area contributed by atoms with E-state index in [4.69, 9.17) is 11.5 Å². The van der Waals surface area contributed by atoms with Gasteiger partial charge in [0.1, 0.15) is 0 Å². The first-order valence-electron chi connectivity index (χ1n) is 6.31. The molecule has 0 heterocycles. The average Bonchev–Trinajstić information content (AvgIpc) is 2.25. The van der Waals surface area contributed by atoms with Crippen LogP contribution in [0.3, 0.4) is 0 Å². The van der Waals surface area contributed by atoms with E-state index in [1.807, 2.05) is 0 Å². The number of carbonyl (C=O) groups excluding carboxylic acids is 1. The first kappa shape index (κ1) is 16.5. The molecule has 1 aromatic rings. The van der Waals surface area contributed by atoms with Gasteiger partial charge in [-0.25, -0.2) is 8.42 Å². The molecule has 0 aliphatic rings. The zero-order valence-corrected chi connectivity index (χ0v) is 12.6. The van der Waals surface area contributed by atoms with Crippen molar-refractivity contribution in [2.24, 2.45) is 11.7 Å². The lowest BCUT2D eigenvalue weighted by Crippen LogP contribution is -2.40. The molecule has 6 nitrogen and oxygen atoms in total. The number of hydrogen-bond donors (Lipinski definition) is 2. The minimum absolute atomic E-state index is 0.0252. The van der Waals surface area contributed by atoms with Gasteiger partial charge in [0.15, 0.2) is 0 Å². The molecule has 20 heavy (non-hydrogen) atoms. The number of carbonyl (C=O) groups is 1. The maximum absolute atomic E-state index is 12.3. The van der Waals surface area contributed by atoms with Crippen LogP contribution in [0.15, 0.2) is 24.3 Å². The standard InChI is InChI=1S/C13H21N3O3S/c1-10(2)9-20(18,19)16(8-13(15)17)7-11-4-3-5-12(14)6-11/h3-6,10H,7-9,14H2,1-2H3,(H2,15,17). The third-order valence-corrected chi connectivity index (χ3v) is 4.71. The molecule has 1 amide bonds. The van der Waals surface area contributed by atoms with Gasteiger partial charge < -0.3 is 11.5 Å². The topological polar surface area (TPSA) is 106 Å². The van der Waals surface area contributed by atoms with Crippen LogP contribution >= 0.6 is 0 Å². The van der Waals surface area contributed by atoms with Crippen LogP contribution in [-0.4, -0.2) is 30.9 Å². The molecule has 0 aromatic heterocycles. The smallest absolute Gasteiger partial charge is 0.232 e. The molecule has 0 unspecified atom stereocenters. The Kier molecular flexibility index (Phi) is 5.52. The van der Waals surface area contributed by atoms with Crippen molar-refractivity contribution in [2.45, 2.75) is 20.4 Å². The fraction of sp³-hybridized carbons (Fsp3) is 0.462. The minimum Gasteiger partial charge on any atom is -0.399 e. The number of anilines is 1. The quantitative estimate of drug-likeness (QED) is 0.717. The van der Waals surface area contributed by atoms with E-state index in [1.165, 1.54) is 0 Å². The molecule has 0 radical (unpaired) electrons. The van der Waals surface area contributed by atoms with Crippen LogP contribution in [0.1, 0.15) is 19.4 Å². The number of nitrogen functional groups attached to an aromatic ring is 1. The summed E-state index contributed by atoms with van der Waals surface area (Å²) in [6.07, 6.45) is 0. The second kappa shape index (κ2) is 6.71. The van der Waals surface area contributed by atoms with Crippen LogP contribution in [0.4, 0.5) is 5.69 Å². The van der Waals surface area contributed by atoms with Gasteiger partial charge in [-0.05, 0) is 23.6 Å². The predicted octanol–water partition coefficient (Wildman–Crippen LogP) is 0.542. The molecule has 0 aliphatic heterocycles. The van der Waals surface area contributed by atoms with E-state index >= 15 is 0 Å². The Labute approximate surface area is 119 Å². The zero-order valence-electron chi connectivity index (χ0n) is 11.7. The van der Waals surface area contributed by atoms with Gasteiger partial charge in [0.25, 0.3) is 0 Å². The maximum Gasteiger partial charge on any atom is 0.232 e. The summed E-state index contributed by atoms with van der Waals surface area (Å²) in [6, 6.07) is 6.89. The lowest BCUT2D eigenvalue weighted by molar-refractivity contribution is -0.118. The number of nitrogens with two attached hydrogens (primary N) is 2. The Morgan fingerprint density at radius 3 is 2.50 bits per heavy atom. The van der Waals surface area contributed by atoms with E-state index in [0.717, 1.165) is 9.87 Å². The van der Waals surface area contributed by atoms with E-state index in [-0.39, 0.29) is 24.8 Å². The van der Waals surface area contributed by atoms with E-state index in [0.29, 0.717) is 5.69 Å². The predicted molar refractivity (Wildman–Crippen MR) is 79.1 cm³/mol. The number of rotatable bonds is 7. The highest BCUT2D eigenvalue weighted by molar-refractivity contribution is 7.89. The van der Waals surface area contributed by atoms with Crippen molar-refractivity contribution in [3.63, 3.8) is 0 Å². The largest absolute Gasteiger partial charge is 0.399 e. The monoisotopic (exact) mass is 299 g/mol. The van der Waals surface area contributed by atoms with Crippen molar-refractivity contribution in [1.82, 2.24) is 4.31 Å². The number of hydrogen-bond acceptors (Lipinski definition) is 4. The van der Waals surface area contributed by atoms with Gasteiger partial charge in [-0.15, -0.1) is 0 Å². The van der Waals surface area contributed by atoms with Crippen molar-refractivity contribution in [3.05, 3.63) is 29.8 Å². The fourth-order valence-corrected chi connectivity index (χ4v) is 3.57. The number of amides is 1. The van der Waals surface area contributed by atoms with Gasteiger partial charge in [0.05, 0.1) is 12.3 Å². The van der Waals surface area contributed by atoms with Crippen molar-refractivity contribution < 1.29 is 13.2 Å². The molecular weight excluding hydrogens is 278 g/mol. The Bertz CT molecular complexity index is 570. The van der Waals surface area contributed by atoms with Gasteiger partial charge in [-0.2, -0.15) is 4.31 Å². The SMILES string of the molecule is CC(C)CS(=O)(=O)N(CC(N)=O)Cc1cccc(N)c1. The fourth-order valence-electron chi connectivity index (χ4n) is 1.85. The number of primary amides is 1. The van der Waals surface area contributed by atoms with Gasteiger partial charge in [0, 0.05) is 12.2 Å². The molecule has 0 bridgehead atoms. The highest BCUT2D eigenvalue weighted by atomic mass is 32.2. The van der Waals surface area contributed by atoms with E-state index in [2.05, 4.69) is 0 Å². The van der Waals surface area contributed by atoms with E-state index in [9.17, 15) is 13.2 Å². The van der Waals surface area contributed by atoms with Gasteiger partial charge in [-0.1, -0.05) is 26.0 Å². The number of nitrogens with zero attached hydrogens (tertiary/aromatic N) is 1. The molecule has 0 saturated carbocycles. The first-order chi connectivity index (χ1) is 9.20. The average molecular weight is 299 g/mol. The molecular formula is C13H21N3O3S. The first-order valence-corrected chi connectivity index (χ1v) is 7.92. The molecule has 0 atom stereocenters. The Morgan fingerprint density at radius 1 is 1.35 bits per heavy atom. The summed E-state index contributed by atoms with van der Waals surface area (Å²) >= 11 is 0. The maximum atomic E-state index is 12.3. The molecule has 1 rings (SSSR count). The molecule has 1 aromatic carbocycles. The second-order valence-corrected chi connectivity index (χ2v) is 7.17. The van der Waals surface area contributed by atoms with Crippen LogP contribution < -0.4 is 11.5 Å². The van der Waals surface area contributed by atoms with E-state index in [1.54, 1.807) is 38.1 Å². The molecule has 0 fully saturated rings. The van der Waals surface area contributed by atoms with Crippen molar-refractivity contribution in [2.75, 3.05) is 18.0 Å². The molecule has 112 valence electrons. The third kappa shape index (κ3) is 5.18. The normalized spacial score (nSPS) is 12.0. The molecule has 0 aliphatic carbocycles. The summed E-state index contributed by atoms with van der Waals surface area (Å²) in [4.78, 5) is 11.1. The van der Waals surface area contributed by atoms with Crippen LogP contribution in [0.5, 0.6) is 0 Å². The van der Waals surface area contributed by atoms with Crippen LogP contribution in [-0.2, 0) is 21.4 Å². The highest BCUT2D eigenvalue weighted by Crippen LogP contribution is 2.14. The molecule has 0 spiro atoms. The van der Waals surface area contributed by atoms with Crippen molar-refractivity contribution in [1.29, 1.82) is 0 Å². The zero-order chi connectivity index (χ0) is 15.3. The van der Waals surface area contributed by atoms with Gasteiger partial charge >= 0.3 is 0 Å². The van der Waals surface area contributed by atoms with Crippen molar-refractivity contribution >= 4 is 21.6 Å². The van der Waals surface area contributed by atoms with Crippen LogP contribution in [0, 0.1) is 5.92 Å². The molecule has 4 N–H and O–H groups in total. The van der Waals surface area contributed by atoms with Crippen molar-refractivity contribution in [3.8, 4) is 0 Å². The Morgan fingerprint density at radius 2 is 2.00 bits per heavy atom.